The van der Waals surface area contributed by atoms with Crippen LogP contribution in [0.2, 0.25) is 0 Å². The number of hydrogen-bond donors (Lipinski definition) is 0. The molecule has 6 heteroatoms. The van der Waals surface area contributed by atoms with E-state index in [4.69, 9.17) is 9.26 Å². The molecule has 128 valence electrons. The molecule has 4 rings (SSSR count). The zero-order chi connectivity index (χ0) is 17.2. The minimum absolute atomic E-state index is 0.0868. The van der Waals surface area contributed by atoms with Gasteiger partial charge in [-0.2, -0.15) is 4.98 Å². The molecule has 1 amide bonds. The Hall–Kier alpha value is -2.73. The second-order valence-electron chi connectivity index (χ2n) is 6.23. The Morgan fingerprint density at radius 3 is 2.88 bits per heavy atom. The average molecular weight is 337 g/mol. The Labute approximate surface area is 145 Å². The van der Waals surface area contributed by atoms with Gasteiger partial charge >= 0.3 is 0 Å². The summed E-state index contributed by atoms with van der Waals surface area (Å²) in [5.74, 6) is 1.09. The molecule has 0 spiro atoms. The van der Waals surface area contributed by atoms with E-state index < -0.39 is 0 Å². The van der Waals surface area contributed by atoms with E-state index in [1.54, 1.807) is 6.92 Å². The summed E-state index contributed by atoms with van der Waals surface area (Å²) in [7, 11) is 0. The quantitative estimate of drug-likeness (QED) is 0.735. The molecule has 1 atom stereocenters. The molecule has 2 aromatic carbocycles. The summed E-state index contributed by atoms with van der Waals surface area (Å²) in [4.78, 5) is 18.7. The van der Waals surface area contributed by atoms with Gasteiger partial charge in [0.1, 0.15) is 6.10 Å². The van der Waals surface area contributed by atoms with Gasteiger partial charge in [0.15, 0.2) is 0 Å². The Balaban J connectivity index is 1.46. The standard InChI is InChI=1S/C19H19N3O3/c1-13-20-19(21-25-13)17-12-22(8-9-24-17)18(23)11-14-6-7-15-4-2-3-5-16(15)10-14/h2-7,10,17H,8-9,11-12H2,1H3. The molecule has 0 N–H and O–H groups in total. The molecule has 1 aliphatic rings. The SMILES string of the molecule is Cc1nc(C2CN(C(=O)Cc3ccc4ccccc4c3)CCO2)no1. The average Bonchev–Trinajstić information content (AvgIpc) is 3.08. The van der Waals surface area contributed by atoms with Crippen LogP contribution >= 0.6 is 0 Å². The Bertz CT molecular complexity index is 906. The second kappa shape index (κ2) is 6.64. The molecule has 1 aromatic heterocycles. The van der Waals surface area contributed by atoms with Crippen LogP contribution in [0.25, 0.3) is 10.8 Å². The summed E-state index contributed by atoms with van der Waals surface area (Å²) in [6, 6.07) is 14.3. The van der Waals surface area contributed by atoms with Gasteiger partial charge in [-0.3, -0.25) is 4.79 Å². The van der Waals surface area contributed by atoms with Crippen molar-refractivity contribution >= 4 is 16.7 Å². The van der Waals surface area contributed by atoms with Crippen molar-refractivity contribution in [2.45, 2.75) is 19.4 Å². The number of benzene rings is 2. The highest BCUT2D eigenvalue weighted by Crippen LogP contribution is 2.21. The number of amides is 1. The van der Waals surface area contributed by atoms with E-state index in [9.17, 15) is 4.79 Å². The first-order valence-electron chi connectivity index (χ1n) is 8.36. The molecular formula is C19H19N3O3. The predicted molar refractivity (Wildman–Crippen MR) is 92.0 cm³/mol. The van der Waals surface area contributed by atoms with Gasteiger partial charge < -0.3 is 14.2 Å². The molecule has 3 aromatic rings. The molecule has 6 nitrogen and oxygen atoms in total. The number of hydrogen-bond acceptors (Lipinski definition) is 5. The maximum atomic E-state index is 12.7. The number of aryl methyl sites for hydroxylation is 1. The van der Waals surface area contributed by atoms with E-state index >= 15 is 0 Å². The summed E-state index contributed by atoms with van der Waals surface area (Å²) in [6.45, 7) is 3.24. The van der Waals surface area contributed by atoms with Crippen LogP contribution in [-0.4, -0.2) is 40.6 Å². The lowest BCUT2D eigenvalue weighted by Crippen LogP contribution is -2.43. The lowest BCUT2D eigenvalue weighted by molar-refractivity contribution is -0.138. The molecular weight excluding hydrogens is 318 g/mol. The molecule has 0 aliphatic carbocycles. The van der Waals surface area contributed by atoms with Crippen molar-refractivity contribution in [3.8, 4) is 0 Å². The van der Waals surface area contributed by atoms with Crippen LogP contribution in [0.3, 0.4) is 0 Å². The summed E-state index contributed by atoms with van der Waals surface area (Å²) in [6.07, 6.45) is 0.0507. The Morgan fingerprint density at radius 1 is 1.24 bits per heavy atom. The normalized spacial score (nSPS) is 17.8. The third kappa shape index (κ3) is 3.39. The topological polar surface area (TPSA) is 68.5 Å². The molecule has 0 radical (unpaired) electrons. The van der Waals surface area contributed by atoms with Gasteiger partial charge in [-0.05, 0) is 16.3 Å². The van der Waals surface area contributed by atoms with Crippen LogP contribution in [0.1, 0.15) is 23.4 Å². The molecule has 1 aliphatic heterocycles. The fourth-order valence-electron chi connectivity index (χ4n) is 3.11. The van der Waals surface area contributed by atoms with Crippen molar-refractivity contribution in [2.75, 3.05) is 19.7 Å². The summed E-state index contributed by atoms with van der Waals surface area (Å²) < 4.78 is 10.7. The van der Waals surface area contributed by atoms with Gasteiger partial charge in [-0.15, -0.1) is 0 Å². The number of carbonyl (C=O) groups is 1. The van der Waals surface area contributed by atoms with Gasteiger partial charge in [0.2, 0.25) is 17.6 Å². The van der Waals surface area contributed by atoms with E-state index in [0.29, 0.717) is 37.8 Å². The zero-order valence-electron chi connectivity index (χ0n) is 14.0. The molecule has 25 heavy (non-hydrogen) atoms. The second-order valence-corrected chi connectivity index (χ2v) is 6.23. The fraction of sp³-hybridized carbons (Fsp3) is 0.316. The largest absolute Gasteiger partial charge is 0.366 e. The third-order valence-corrected chi connectivity index (χ3v) is 4.42. The van der Waals surface area contributed by atoms with Crippen LogP contribution in [0.15, 0.2) is 47.0 Å². The smallest absolute Gasteiger partial charge is 0.227 e. The van der Waals surface area contributed by atoms with Gasteiger partial charge in [-0.1, -0.05) is 47.6 Å². The molecule has 1 unspecified atom stereocenters. The maximum absolute atomic E-state index is 12.7. The van der Waals surface area contributed by atoms with E-state index in [1.807, 2.05) is 23.1 Å². The highest BCUT2D eigenvalue weighted by Gasteiger charge is 2.28. The van der Waals surface area contributed by atoms with E-state index in [0.717, 1.165) is 10.9 Å². The Morgan fingerprint density at radius 2 is 2.08 bits per heavy atom. The maximum Gasteiger partial charge on any atom is 0.227 e. The predicted octanol–water partition coefficient (Wildman–Crippen LogP) is 2.67. The number of nitrogens with zero attached hydrogens (tertiary/aromatic N) is 3. The number of fused-ring (bicyclic) bond motifs is 1. The van der Waals surface area contributed by atoms with Crippen LogP contribution < -0.4 is 0 Å². The molecule has 1 fully saturated rings. The van der Waals surface area contributed by atoms with Crippen molar-refractivity contribution in [2.24, 2.45) is 0 Å². The van der Waals surface area contributed by atoms with Gasteiger partial charge in [0, 0.05) is 13.5 Å². The Kier molecular flexibility index (Phi) is 4.19. The minimum atomic E-state index is -0.327. The number of morpholine rings is 1. The van der Waals surface area contributed by atoms with Gasteiger partial charge in [0.25, 0.3) is 0 Å². The van der Waals surface area contributed by atoms with Gasteiger partial charge in [-0.25, -0.2) is 0 Å². The molecule has 0 saturated carbocycles. The lowest BCUT2D eigenvalue weighted by Gasteiger charge is -2.31. The van der Waals surface area contributed by atoms with E-state index in [2.05, 4.69) is 34.4 Å². The number of aromatic nitrogens is 2. The highest BCUT2D eigenvalue weighted by molar-refractivity contribution is 5.85. The van der Waals surface area contributed by atoms with Crippen molar-refractivity contribution in [1.82, 2.24) is 15.0 Å². The minimum Gasteiger partial charge on any atom is -0.366 e. The molecule has 0 bridgehead atoms. The summed E-state index contributed by atoms with van der Waals surface area (Å²) in [5, 5.41) is 6.23. The summed E-state index contributed by atoms with van der Waals surface area (Å²) in [5.41, 5.74) is 1.02. The van der Waals surface area contributed by atoms with E-state index in [1.165, 1.54) is 5.39 Å². The van der Waals surface area contributed by atoms with Crippen molar-refractivity contribution in [3.63, 3.8) is 0 Å². The van der Waals surface area contributed by atoms with Crippen molar-refractivity contribution in [3.05, 3.63) is 59.7 Å². The van der Waals surface area contributed by atoms with Crippen LogP contribution in [-0.2, 0) is 16.0 Å². The molecule has 2 heterocycles. The van der Waals surface area contributed by atoms with Crippen molar-refractivity contribution < 1.29 is 14.1 Å². The number of rotatable bonds is 3. The first kappa shape index (κ1) is 15.8. The first-order chi connectivity index (χ1) is 12.2. The highest BCUT2D eigenvalue weighted by atomic mass is 16.5. The monoisotopic (exact) mass is 337 g/mol. The first-order valence-corrected chi connectivity index (χ1v) is 8.36. The van der Waals surface area contributed by atoms with Crippen LogP contribution in [0.4, 0.5) is 0 Å². The van der Waals surface area contributed by atoms with Crippen molar-refractivity contribution in [1.29, 1.82) is 0 Å². The third-order valence-electron chi connectivity index (χ3n) is 4.42. The van der Waals surface area contributed by atoms with E-state index in [-0.39, 0.29) is 12.0 Å². The summed E-state index contributed by atoms with van der Waals surface area (Å²) >= 11 is 0. The fourth-order valence-corrected chi connectivity index (χ4v) is 3.11. The van der Waals surface area contributed by atoms with Gasteiger partial charge in [0.05, 0.1) is 19.6 Å². The van der Waals surface area contributed by atoms with Crippen LogP contribution in [0.5, 0.6) is 0 Å². The number of ether oxygens (including phenoxy) is 1. The number of carbonyl (C=O) groups excluding carboxylic acids is 1. The zero-order valence-corrected chi connectivity index (χ0v) is 14.0. The lowest BCUT2D eigenvalue weighted by atomic mass is 10.0. The van der Waals surface area contributed by atoms with Crippen LogP contribution in [0, 0.1) is 6.92 Å². The molecule has 1 saturated heterocycles.